The van der Waals surface area contributed by atoms with Crippen molar-refractivity contribution in [1.29, 1.82) is 0 Å². The van der Waals surface area contributed by atoms with Crippen LogP contribution in [0, 0.1) is 0 Å². The first-order valence-electron chi connectivity index (χ1n) is 8.28. The molecule has 7 heteroatoms. The van der Waals surface area contributed by atoms with E-state index in [1.807, 2.05) is 0 Å². The molecule has 3 nitrogen and oxygen atoms in total. The van der Waals surface area contributed by atoms with Crippen LogP contribution in [-0.2, 0) is 6.18 Å². The topological polar surface area (TPSA) is 33.2 Å². The van der Waals surface area contributed by atoms with Gasteiger partial charge in [0, 0.05) is 18.7 Å². The summed E-state index contributed by atoms with van der Waals surface area (Å²) in [4.78, 5) is 17.6. The Balaban J connectivity index is 1.96. The van der Waals surface area contributed by atoms with Crippen LogP contribution >= 0.6 is 11.3 Å². The van der Waals surface area contributed by atoms with Gasteiger partial charge in [0.15, 0.2) is 5.69 Å². The summed E-state index contributed by atoms with van der Waals surface area (Å²) >= 11 is 0.818. The maximum Gasteiger partial charge on any atom is 0.435 e. The molecule has 1 saturated carbocycles. The second-order valence-corrected chi connectivity index (χ2v) is 7.27. The molecule has 25 heavy (non-hydrogen) atoms. The summed E-state index contributed by atoms with van der Waals surface area (Å²) in [6.45, 7) is 0. The monoisotopic (exact) mass is 368 g/mol. The number of hydrogen-bond acceptors (Lipinski definition) is 3. The lowest BCUT2D eigenvalue weighted by Crippen LogP contribution is -2.38. The van der Waals surface area contributed by atoms with E-state index in [-0.39, 0.29) is 15.9 Å². The van der Waals surface area contributed by atoms with Gasteiger partial charge in [-0.2, -0.15) is 13.2 Å². The molecule has 0 bridgehead atoms. The molecule has 0 saturated heterocycles. The van der Waals surface area contributed by atoms with Gasteiger partial charge in [-0.1, -0.05) is 49.6 Å². The zero-order chi connectivity index (χ0) is 18.0. The lowest BCUT2D eigenvalue weighted by atomic mass is 9.94. The van der Waals surface area contributed by atoms with Gasteiger partial charge in [0.05, 0.1) is 0 Å². The third-order valence-electron chi connectivity index (χ3n) is 4.55. The summed E-state index contributed by atoms with van der Waals surface area (Å²) in [5.41, 5.74) is -0.499. The second kappa shape index (κ2) is 7.15. The summed E-state index contributed by atoms with van der Waals surface area (Å²) < 4.78 is 40.3. The molecular formula is C18H19F3N2OS. The van der Waals surface area contributed by atoms with Crippen LogP contribution in [0.4, 0.5) is 13.2 Å². The Bertz CT molecular complexity index is 737. The van der Waals surface area contributed by atoms with Gasteiger partial charge < -0.3 is 4.90 Å². The number of aromatic nitrogens is 1. The zero-order valence-corrected chi connectivity index (χ0v) is 14.7. The third kappa shape index (κ3) is 3.86. The molecule has 0 radical (unpaired) electrons. The van der Waals surface area contributed by atoms with Gasteiger partial charge in [-0.25, -0.2) is 4.98 Å². The minimum Gasteiger partial charge on any atom is -0.338 e. The Morgan fingerprint density at radius 3 is 2.40 bits per heavy atom. The highest BCUT2D eigenvalue weighted by Gasteiger charge is 2.41. The molecule has 1 aromatic carbocycles. The number of benzene rings is 1. The minimum atomic E-state index is -4.65. The Morgan fingerprint density at radius 1 is 1.16 bits per heavy atom. The number of thiazole rings is 1. The van der Waals surface area contributed by atoms with Crippen LogP contribution in [0.25, 0.3) is 10.6 Å². The average Bonchev–Trinajstić information content (AvgIpc) is 3.08. The molecule has 0 unspecified atom stereocenters. The fourth-order valence-electron chi connectivity index (χ4n) is 3.16. The molecule has 3 rings (SSSR count). The molecule has 1 heterocycles. The van der Waals surface area contributed by atoms with Crippen molar-refractivity contribution >= 4 is 17.2 Å². The van der Waals surface area contributed by atoms with Gasteiger partial charge in [-0.15, -0.1) is 11.3 Å². The maximum atomic E-state index is 13.4. The molecule has 1 aromatic heterocycles. The molecule has 0 atom stereocenters. The van der Waals surface area contributed by atoms with Crippen molar-refractivity contribution in [3.8, 4) is 10.6 Å². The molecule has 1 amide bonds. The maximum absolute atomic E-state index is 13.4. The van der Waals surface area contributed by atoms with E-state index in [0.29, 0.717) is 5.56 Å². The average molecular weight is 368 g/mol. The summed E-state index contributed by atoms with van der Waals surface area (Å²) in [6, 6.07) is 8.64. The second-order valence-electron chi connectivity index (χ2n) is 6.27. The fourth-order valence-corrected chi connectivity index (χ4v) is 4.23. The third-order valence-corrected chi connectivity index (χ3v) is 5.65. The Morgan fingerprint density at radius 2 is 1.80 bits per heavy atom. The van der Waals surface area contributed by atoms with Crippen LogP contribution in [0.3, 0.4) is 0 Å². The van der Waals surface area contributed by atoms with Gasteiger partial charge in [0.1, 0.15) is 9.88 Å². The Labute approximate surface area is 148 Å². The predicted molar refractivity (Wildman–Crippen MR) is 91.5 cm³/mol. The van der Waals surface area contributed by atoms with E-state index in [0.717, 1.165) is 43.4 Å². The van der Waals surface area contributed by atoms with Gasteiger partial charge in [-0.3, -0.25) is 4.79 Å². The highest BCUT2D eigenvalue weighted by Crippen LogP contribution is 2.38. The van der Waals surface area contributed by atoms with E-state index in [2.05, 4.69) is 4.98 Å². The molecule has 0 spiro atoms. The van der Waals surface area contributed by atoms with Gasteiger partial charge >= 0.3 is 6.18 Å². The van der Waals surface area contributed by atoms with Crippen LogP contribution in [0.5, 0.6) is 0 Å². The summed E-state index contributed by atoms with van der Waals surface area (Å²) in [5, 5.41) is 0.216. The summed E-state index contributed by atoms with van der Waals surface area (Å²) in [5.74, 6) is -0.584. The summed E-state index contributed by atoms with van der Waals surface area (Å²) in [7, 11) is 1.60. The lowest BCUT2D eigenvalue weighted by Gasteiger charge is -2.31. The largest absolute Gasteiger partial charge is 0.435 e. The number of hydrogen-bond donors (Lipinski definition) is 0. The number of halogens is 3. The van der Waals surface area contributed by atoms with E-state index in [1.165, 1.54) is 4.90 Å². The number of rotatable bonds is 3. The first-order chi connectivity index (χ1) is 11.9. The Hall–Kier alpha value is -1.89. The smallest absolute Gasteiger partial charge is 0.338 e. The van der Waals surface area contributed by atoms with Gasteiger partial charge in [0.25, 0.3) is 5.91 Å². The quantitative estimate of drug-likeness (QED) is 0.743. The molecule has 0 N–H and O–H groups in total. The van der Waals surface area contributed by atoms with E-state index < -0.39 is 17.8 Å². The van der Waals surface area contributed by atoms with Crippen LogP contribution < -0.4 is 0 Å². The SMILES string of the molecule is CN(C(=O)c1sc(-c2ccccc2)nc1C(F)(F)F)C1CCCCC1. The minimum absolute atomic E-state index is 0.00427. The zero-order valence-electron chi connectivity index (χ0n) is 13.8. The number of alkyl halides is 3. The van der Waals surface area contributed by atoms with E-state index >= 15 is 0 Å². The first-order valence-corrected chi connectivity index (χ1v) is 9.10. The highest BCUT2D eigenvalue weighted by molar-refractivity contribution is 7.17. The van der Waals surface area contributed by atoms with Crippen molar-refractivity contribution in [3.63, 3.8) is 0 Å². The number of amides is 1. The van der Waals surface area contributed by atoms with Crippen molar-refractivity contribution in [2.24, 2.45) is 0 Å². The normalized spacial score (nSPS) is 16.0. The highest BCUT2D eigenvalue weighted by atomic mass is 32.1. The fraction of sp³-hybridized carbons (Fsp3) is 0.444. The number of carbonyl (C=O) groups excluding carboxylic acids is 1. The van der Waals surface area contributed by atoms with Crippen molar-refractivity contribution in [2.45, 2.75) is 44.3 Å². The summed E-state index contributed by atoms with van der Waals surface area (Å²) in [6.07, 6.45) is 0.160. The molecule has 2 aromatic rings. The first kappa shape index (κ1) is 17.9. The lowest BCUT2D eigenvalue weighted by molar-refractivity contribution is -0.141. The van der Waals surface area contributed by atoms with Crippen LogP contribution in [0.1, 0.15) is 47.5 Å². The van der Waals surface area contributed by atoms with Crippen LogP contribution in [0.15, 0.2) is 30.3 Å². The number of carbonyl (C=O) groups is 1. The Kier molecular flexibility index (Phi) is 5.13. The van der Waals surface area contributed by atoms with Crippen molar-refractivity contribution in [3.05, 3.63) is 40.9 Å². The van der Waals surface area contributed by atoms with Crippen LogP contribution in [-0.4, -0.2) is 28.9 Å². The molecule has 1 aliphatic carbocycles. The standard InChI is InChI=1S/C18H19F3N2OS/c1-23(13-10-6-3-7-11-13)17(24)14-15(18(19,20)21)22-16(25-14)12-8-4-2-5-9-12/h2,4-5,8-9,13H,3,6-7,10-11H2,1H3. The predicted octanol–water partition coefficient (Wildman–Crippen LogP) is 5.23. The molecule has 134 valence electrons. The van der Waals surface area contributed by atoms with Crippen molar-refractivity contribution < 1.29 is 18.0 Å². The van der Waals surface area contributed by atoms with Gasteiger partial charge in [0.2, 0.25) is 0 Å². The van der Waals surface area contributed by atoms with Crippen molar-refractivity contribution in [2.75, 3.05) is 7.05 Å². The van der Waals surface area contributed by atoms with E-state index in [4.69, 9.17) is 0 Å². The molecule has 1 aliphatic rings. The van der Waals surface area contributed by atoms with E-state index in [9.17, 15) is 18.0 Å². The number of nitrogens with zero attached hydrogens (tertiary/aromatic N) is 2. The van der Waals surface area contributed by atoms with Gasteiger partial charge in [-0.05, 0) is 12.8 Å². The molecule has 0 aliphatic heterocycles. The molecular weight excluding hydrogens is 349 g/mol. The van der Waals surface area contributed by atoms with Crippen LogP contribution in [0.2, 0.25) is 0 Å². The molecule has 1 fully saturated rings. The van der Waals surface area contributed by atoms with Crippen molar-refractivity contribution in [1.82, 2.24) is 9.88 Å². The van der Waals surface area contributed by atoms with E-state index in [1.54, 1.807) is 37.4 Å².